The van der Waals surface area contributed by atoms with Crippen LogP contribution in [0.2, 0.25) is 0 Å². The van der Waals surface area contributed by atoms with Gasteiger partial charge in [0, 0.05) is 20.2 Å². The van der Waals surface area contributed by atoms with Crippen molar-refractivity contribution in [3.8, 4) is 5.75 Å². The Bertz CT molecular complexity index is 455. The summed E-state index contributed by atoms with van der Waals surface area (Å²) < 4.78 is 10.7. The van der Waals surface area contributed by atoms with Crippen LogP contribution in [0.3, 0.4) is 0 Å². The first-order valence-electron chi connectivity index (χ1n) is 6.96. The number of carbonyl (C=O) groups is 1. The molecule has 1 saturated heterocycles. The van der Waals surface area contributed by atoms with Crippen molar-refractivity contribution >= 4 is 11.7 Å². The molecule has 0 atom stereocenters. The summed E-state index contributed by atoms with van der Waals surface area (Å²) in [5.74, 6) is -0.180. The van der Waals surface area contributed by atoms with Crippen LogP contribution in [0.25, 0.3) is 0 Å². The van der Waals surface area contributed by atoms with E-state index in [1.807, 2.05) is 0 Å². The summed E-state index contributed by atoms with van der Waals surface area (Å²) in [6.45, 7) is 2.87. The lowest BCUT2D eigenvalue weighted by Gasteiger charge is -2.30. The van der Waals surface area contributed by atoms with Crippen molar-refractivity contribution < 1.29 is 19.4 Å². The van der Waals surface area contributed by atoms with Crippen LogP contribution in [0, 0.1) is 0 Å². The summed E-state index contributed by atoms with van der Waals surface area (Å²) in [6, 6.07) is 5.02. The van der Waals surface area contributed by atoms with Crippen molar-refractivity contribution in [3.05, 3.63) is 23.8 Å². The highest BCUT2D eigenvalue weighted by atomic mass is 16.5. The molecule has 0 saturated carbocycles. The quantitative estimate of drug-likeness (QED) is 0.810. The molecule has 0 bridgehead atoms. The third kappa shape index (κ3) is 3.63. The molecule has 1 aromatic rings. The number of methoxy groups -OCH3 is 1. The Kier molecular flexibility index (Phi) is 5.24. The smallest absolute Gasteiger partial charge is 0.335 e. The summed E-state index contributed by atoms with van der Waals surface area (Å²) in [7, 11) is 1.63. The van der Waals surface area contributed by atoms with Crippen molar-refractivity contribution in [2.75, 3.05) is 38.3 Å². The summed E-state index contributed by atoms with van der Waals surface area (Å²) in [5, 5.41) is 9.13. The topological polar surface area (TPSA) is 59.0 Å². The Morgan fingerprint density at radius 2 is 2.00 bits per heavy atom. The molecule has 1 N–H and O–H groups in total. The molecule has 110 valence electrons. The Morgan fingerprint density at radius 1 is 1.25 bits per heavy atom. The molecule has 5 nitrogen and oxygen atoms in total. The molecule has 20 heavy (non-hydrogen) atoms. The first-order chi connectivity index (χ1) is 9.72. The number of hydrogen-bond donors (Lipinski definition) is 1. The highest BCUT2D eigenvalue weighted by Crippen LogP contribution is 2.31. The van der Waals surface area contributed by atoms with Gasteiger partial charge in [-0.1, -0.05) is 0 Å². The highest BCUT2D eigenvalue weighted by Gasteiger charge is 2.17. The van der Waals surface area contributed by atoms with Gasteiger partial charge >= 0.3 is 5.97 Å². The van der Waals surface area contributed by atoms with Gasteiger partial charge in [0.15, 0.2) is 0 Å². The maximum atomic E-state index is 11.1. The Balaban J connectivity index is 2.22. The average molecular weight is 279 g/mol. The van der Waals surface area contributed by atoms with Crippen LogP contribution in [0.5, 0.6) is 5.75 Å². The predicted molar refractivity (Wildman–Crippen MR) is 76.8 cm³/mol. The lowest BCUT2D eigenvalue weighted by molar-refractivity contribution is 0.0697. The molecule has 0 radical (unpaired) electrons. The largest absolute Gasteiger partial charge is 0.489 e. The van der Waals surface area contributed by atoms with Gasteiger partial charge in [0.1, 0.15) is 12.4 Å². The second kappa shape index (κ2) is 7.14. The molecule has 0 spiro atoms. The van der Waals surface area contributed by atoms with Gasteiger partial charge in [0.05, 0.1) is 17.9 Å². The minimum Gasteiger partial charge on any atom is -0.489 e. The van der Waals surface area contributed by atoms with E-state index in [0.717, 1.165) is 37.4 Å². The van der Waals surface area contributed by atoms with Crippen LogP contribution in [-0.4, -0.2) is 44.5 Å². The number of aromatic carboxylic acids is 1. The number of ether oxygens (including phenoxy) is 2. The lowest BCUT2D eigenvalue weighted by Crippen LogP contribution is -2.30. The Morgan fingerprint density at radius 3 is 2.65 bits per heavy atom. The molecule has 1 aliphatic heterocycles. The fraction of sp³-hybridized carbons (Fsp3) is 0.533. The number of hydrogen-bond acceptors (Lipinski definition) is 4. The van der Waals surface area contributed by atoms with Crippen LogP contribution in [0.1, 0.15) is 29.6 Å². The van der Waals surface area contributed by atoms with Gasteiger partial charge in [-0.15, -0.1) is 0 Å². The van der Waals surface area contributed by atoms with Crippen molar-refractivity contribution in [2.45, 2.75) is 19.3 Å². The molecular weight excluding hydrogens is 258 g/mol. The average Bonchev–Trinajstić information content (AvgIpc) is 2.48. The van der Waals surface area contributed by atoms with E-state index in [-0.39, 0.29) is 0 Å². The van der Waals surface area contributed by atoms with E-state index in [0.29, 0.717) is 18.8 Å². The number of anilines is 1. The molecule has 5 heteroatoms. The number of carboxylic acid groups (broad SMARTS) is 1. The Hall–Kier alpha value is -1.75. The third-order valence-electron chi connectivity index (χ3n) is 3.45. The molecule has 2 rings (SSSR count). The van der Waals surface area contributed by atoms with Crippen molar-refractivity contribution in [3.63, 3.8) is 0 Å². The van der Waals surface area contributed by atoms with E-state index < -0.39 is 5.97 Å². The minimum atomic E-state index is -0.910. The summed E-state index contributed by atoms with van der Waals surface area (Å²) >= 11 is 0. The fourth-order valence-corrected chi connectivity index (χ4v) is 2.39. The van der Waals surface area contributed by atoms with E-state index in [1.165, 1.54) is 6.42 Å². The zero-order chi connectivity index (χ0) is 14.4. The number of rotatable bonds is 6. The second-order valence-electron chi connectivity index (χ2n) is 4.88. The second-order valence-corrected chi connectivity index (χ2v) is 4.88. The molecule has 1 heterocycles. The van der Waals surface area contributed by atoms with Crippen LogP contribution in [0.15, 0.2) is 18.2 Å². The van der Waals surface area contributed by atoms with E-state index >= 15 is 0 Å². The lowest BCUT2D eigenvalue weighted by atomic mass is 10.1. The zero-order valence-electron chi connectivity index (χ0n) is 11.8. The number of piperidine rings is 1. The molecule has 0 aromatic heterocycles. The monoisotopic (exact) mass is 279 g/mol. The standard InChI is InChI=1S/C15H21NO4/c1-19-9-10-20-14-6-5-12(15(17)18)11-13(14)16-7-3-2-4-8-16/h5-6,11H,2-4,7-10H2,1H3,(H,17,18). The van der Waals surface area contributed by atoms with Gasteiger partial charge in [-0.05, 0) is 37.5 Å². The van der Waals surface area contributed by atoms with Gasteiger partial charge < -0.3 is 19.5 Å². The molecule has 0 amide bonds. The number of carboxylic acids is 1. The summed E-state index contributed by atoms with van der Waals surface area (Å²) in [6.07, 6.45) is 3.50. The van der Waals surface area contributed by atoms with Crippen LogP contribution >= 0.6 is 0 Å². The SMILES string of the molecule is COCCOc1ccc(C(=O)O)cc1N1CCCCC1. The fourth-order valence-electron chi connectivity index (χ4n) is 2.39. The Labute approximate surface area is 119 Å². The van der Waals surface area contributed by atoms with Gasteiger partial charge in [0.2, 0.25) is 0 Å². The highest BCUT2D eigenvalue weighted by molar-refractivity contribution is 5.89. The minimum absolute atomic E-state index is 0.296. The third-order valence-corrected chi connectivity index (χ3v) is 3.45. The molecule has 1 aromatic carbocycles. The summed E-state index contributed by atoms with van der Waals surface area (Å²) in [4.78, 5) is 13.3. The number of nitrogens with zero attached hydrogens (tertiary/aromatic N) is 1. The van der Waals surface area contributed by atoms with Gasteiger partial charge in [-0.3, -0.25) is 0 Å². The first kappa shape index (κ1) is 14.7. The molecular formula is C15H21NO4. The van der Waals surface area contributed by atoms with E-state index in [2.05, 4.69) is 4.90 Å². The van der Waals surface area contributed by atoms with Crippen LogP contribution in [0.4, 0.5) is 5.69 Å². The van der Waals surface area contributed by atoms with Crippen molar-refractivity contribution in [1.82, 2.24) is 0 Å². The summed E-state index contributed by atoms with van der Waals surface area (Å²) in [5.41, 5.74) is 1.17. The van der Waals surface area contributed by atoms with Crippen LogP contribution < -0.4 is 9.64 Å². The molecule has 0 unspecified atom stereocenters. The molecule has 0 aliphatic carbocycles. The van der Waals surface area contributed by atoms with Crippen LogP contribution in [-0.2, 0) is 4.74 Å². The van der Waals surface area contributed by atoms with E-state index in [4.69, 9.17) is 14.6 Å². The van der Waals surface area contributed by atoms with Gasteiger partial charge in [-0.25, -0.2) is 4.79 Å². The zero-order valence-corrected chi connectivity index (χ0v) is 11.8. The number of benzene rings is 1. The normalized spacial score (nSPS) is 15.2. The predicted octanol–water partition coefficient (Wildman–Crippen LogP) is 2.40. The van der Waals surface area contributed by atoms with E-state index in [1.54, 1.807) is 25.3 Å². The van der Waals surface area contributed by atoms with Crippen molar-refractivity contribution in [1.29, 1.82) is 0 Å². The first-order valence-corrected chi connectivity index (χ1v) is 6.96. The molecule has 1 aliphatic rings. The maximum Gasteiger partial charge on any atom is 0.335 e. The van der Waals surface area contributed by atoms with Gasteiger partial charge in [0.25, 0.3) is 0 Å². The molecule has 1 fully saturated rings. The van der Waals surface area contributed by atoms with Crippen molar-refractivity contribution in [2.24, 2.45) is 0 Å². The van der Waals surface area contributed by atoms with Gasteiger partial charge in [-0.2, -0.15) is 0 Å². The van der Waals surface area contributed by atoms with E-state index in [9.17, 15) is 4.79 Å². The maximum absolute atomic E-state index is 11.1.